The first-order valence-corrected chi connectivity index (χ1v) is 13.8. The van der Waals surface area contributed by atoms with Gasteiger partial charge >= 0.3 is 12.1 Å². The predicted molar refractivity (Wildman–Crippen MR) is 150 cm³/mol. The van der Waals surface area contributed by atoms with Gasteiger partial charge in [0.1, 0.15) is 5.82 Å². The van der Waals surface area contributed by atoms with Crippen LogP contribution < -0.4 is 15.4 Å². The number of amides is 3. The summed E-state index contributed by atoms with van der Waals surface area (Å²) in [6, 6.07) is 12.0. The van der Waals surface area contributed by atoms with E-state index in [1.54, 1.807) is 20.1 Å². The molecule has 13 heteroatoms. The van der Waals surface area contributed by atoms with Crippen LogP contribution in [0.3, 0.4) is 0 Å². The Bertz CT molecular complexity index is 1400. The molecule has 2 saturated heterocycles. The highest BCUT2D eigenvalue weighted by atomic mass is 19.2. The highest BCUT2D eigenvalue weighted by Crippen LogP contribution is 2.31. The van der Waals surface area contributed by atoms with E-state index in [0.29, 0.717) is 75.2 Å². The second-order valence-corrected chi connectivity index (χ2v) is 10.2. The van der Waals surface area contributed by atoms with E-state index in [9.17, 15) is 18.4 Å². The molecule has 5 rings (SSSR count). The minimum atomic E-state index is -0.937. The molecule has 0 radical (unpaired) electrons. The quantitative estimate of drug-likeness (QED) is 0.417. The van der Waals surface area contributed by atoms with Crippen molar-refractivity contribution in [3.05, 3.63) is 71.3 Å². The van der Waals surface area contributed by atoms with Crippen LogP contribution >= 0.6 is 0 Å². The molecule has 2 aliphatic rings. The standard InChI is InChI=1S/C29H34F2N6O5/c1-19-26(37(21-6-4-3-5-7-21)34-27(19)42-29(39)36-11-14-41-15-12-36)33-28(38)32-25-18-35(10-13-40-2)17-22(25)20-8-9-23(30)24(31)16-20/h3-9,16,22,25H,10-15,17-18H2,1-2H3,(H2,32,33,38). The van der Waals surface area contributed by atoms with E-state index < -0.39 is 29.8 Å². The number of benzene rings is 2. The van der Waals surface area contributed by atoms with Crippen molar-refractivity contribution in [1.82, 2.24) is 24.9 Å². The highest BCUT2D eigenvalue weighted by Gasteiger charge is 2.35. The number of hydrogen-bond acceptors (Lipinski definition) is 7. The van der Waals surface area contributed by atoms with Gasteiger partial charge in [-0.15, -0.1) is 5.10 Å². The smallest absolute Gasteiger partial charge is 0.389 e. The second-order valence-electron chi connectivity index (χ2n) is 10.2. The minimum Gasteiger partial charge on any atom is -0.389 e. The van der Waals surface area contributed by atoms with Crippen LogP contribution in [0.4, 0.5) is 24.2 Å². The van der Waals surface area contributed by atoms with E-state index in [-0.39, 0.29) is 11.8 Å². The number of aromatic nitrogens is 2. The van der Waals surface area contributed by atoms with E-state index >= 15 is 0 Å². The van der Waals surface area contributed by atoms with Crippen LogP contribution in [0.2, 0.25) is 0 Å². The van der Waals surface area contributed by atoms with Gasteiger partial charge in [0.15, 0.2) is 11.6 Å². The summed E-state index contributed by atoms with van der Waals surface area (Å²) in [4.78, 5) is 29.9. The Morgan fingerprint density at radius 2 is 1.83 bits per heavy atom. The number of morpholine rings is 1. The highest BCUT2D eigenvalue weighted by molar-refractivity contribution is 5.90. The Balaban J connectivity index is 1.37. The molecule has 3 aromatic rings. The summed E-state index contributed by atoms with van der Waals surface area (Å²) in [7, 11) is 1.61. The van der Waals surface area contributed by atoms with Crippen molar-refractivity contribution in [1.29, 1.82) is 0 Å². The number of rotatable bonds is 8. The van der Waals surface area contributed by atoms with Gasteiger partial charge in [0.25, 0.3) is 0 Å². The predicted octanol–water partition coefficient (Wildman–Crippen LogP) is 3.53. The van der Waals surface area contributed by atoms with E-state index in [4.69, 9.17) is 14.2 Å². The summed E-state index contributed by atoms with van der Waals surface area (Å²) in [5.41, 5.74) is 1.69. The summed E-state index contributed by atoms with van der Waals surface area (Å²) in [5.74, 6) is -1.76. The van der Waals surface area contributed by atoms with Gasteiger partial charge in [0.05, 0.1) is 37.1 Å². The topological polar surface area (TPSA) is 110 Å². The van der Waals surface area contributed by atoms with Crippen molar-refractivity contribution < 1.29 is 32.6 Å². The molecule has 0 spiro atoms. The largest absolute Gasteiger partial charge is 0.416 e. The fourth-order valence-electron chi connectivity index (χ4n) is 5.20. The van der Waals surface area contributed by atoms with E-state index in [2.05, 4.69) is 20.6 Å². The molecule has 0 saturated carbocycles. The SMILES string of the molecule is COCCN1CC(NC(=O)Nc2c(C)c(OC(=O)N3CCOCC3)nn2-c2ccccc2)C(c2ccc(F)c(F)c2)C1. The number of hydrogen-bond donors (Lipinski definition) is 2. The Labute approximate surface area is 242 Å². The average molecular weight is 585 g/mol. The van der Waals surface area contributed by atoms with Crippen LogP contribution in [0.5, 0.6) is 5.88 Å². The van der Waals surface area contributed by atoms with Crippen molar-refractivity contribution in [2.45, 2.75) is 18.9 Å². The molecule has 2 N–H and O–H groups in total. The lowest BCUT2D eigenvalue weighted by Gasteiger charge is -2.25. The van der Waals surface area contributed by atoms with Crippen LogP contribution in [-0.4, -0.2) is 97.4 Å². The summed E-state index contributed by atoms with van der Waals surface area (Å²) >= 11 is 0. The lowest BCUT2D eigenvalue weighted by molar-refractivity contribution is 0.0411. The molecule has 0 bridgehead atoms. The Hall–Kier alpha value is -4.07. The number of para-hydroxylation sites is 1. The third-order valence-corrected chi connectivity index (χ3v) is 7.46. The normalized spacial score (nSPS) is 19.1. The zero-order chi connectivity index (χ0) is 29.6. The molecule has 2 unspecified atom stereocenters. The van der Waals surface area contributed by atoms with Crippen molar-refractivity contribution >= 4 is 17.9 Å². The molecule has 2 atom stereocenters. The van der Waals surface area contributed by atoms with Crippen LogP contribution in [0, 0.1) is 18.6 Å². The number of halogens is 2. The number of nitrogens with one attached hydrogen (secondary N) is 2. The van der Waals surface area contributed by atoms with Crippen molar-refractivity contribution in [2.24, 2.45) is 0 Å². The van der Waals surface area contributed by atoms with Crippen LogP contribution in [0.15, 0.2) is 48.5 Å². The first-order chi connectivity index (χ1) is 20.3. The molecule has 1 aromatic heterocycles. The van der Waals surface area contributed by atoms with Crippen LogP contribution in [0.25, 0.3) is 5.69 Å². The summed E-state index contributed by atoms with van der Waals surface area (Å²) in [5, 5.41) is 10.4. The number of likely N-dealkylation sites (tertiary alicyclic amines) is 1. The third kappa shape index (κ3) is 6.69. The number of anilines is 1. The number of methoxy groups -OCH3 is 1. The molecule has 11 nitrogen and oxygen atoms in total. The van der Waals surface area contributed by atoms with Gasteiger partial charge in [-0.05, 0) is 36.8 Å². The Kier molecular flexibility index (Phi) is 9.30. The van der Waals surface area contributed by atoms with Crippen molar-refractivity contribution in [3.8, 4) is 11.6 Å². The van der Waals surface area contributed by atoms with Gasteiger partial charge in [-0.3, -0.25) is 10.2 Å². The first kappa shape index (κ1) is 29.4. The van der Waals surface area contributed by atoms with Gasteiger partial charge in [-0.2, -0.15) is 0 Å². The third-order valence-electron chi connectivity index (χ3n) is 7.46. The second kappa shape index (κ2) is 13.3. The molecule has 2 aromatic carbocycles. The molecule has 3 heterocycles. The number of carbonyl (C=O) groups is 2. The average Bonchev–Trinajstić information content (AvgIpc) is 3.54. The number of nitrogens with zero attached hydrogens (tertiary/aromatic N) is 4. The lowest BCUT2D eigenvalue weighted by atomic mass is 9.94. The van der Waals surface area contributed by atoms with Gasteiger partial charge in [-0.1, -0.05) is 24.3 Å². The molecule has 3 amide bonds. The fraction of sp³-hybridized carbons (Fsp3) is 0.414. The first-order valence-electron chi connectivity index (χ1n) is 13.8. The monoisotopic (exact) mass is 584 g/mol. The van der Waals surface area contributed by atoms with Gasteiger partial charge in [0, 0.05) is 45.8 Å². The van der Waals surface area contributed by atoms with Crippen LogP contribution in [-0.2, 0) is 9.47 Å². The van der Waals surface area contributed by atoms with E-state index in [0.717, 1.165) is 6.07 Å². The fourth-order valence-corrected chi connectivity index (χ4v) is 5.20. The maximum Gasteiger partial charge on any atom is 0.416 e. The summed E-state index contributed by atoms with van der Waals surface area (Å²) in [6.45, 7) is 5.50. The lowest BCUT2D eigenvalue weighted by Crippen LogP contribution is -2.42. The van der Waals surface area contributed by atoms with Gasteiger partial charge < -0.3 is 24.4 Å². The van der Waals surface area contributed by atoms with Crippen molar-refractivity contribution in [2.75, 3.05) is 65.0 Å². The Morgan fingerprint density at radius 3 is 2.55 bits per heavy atom. The zero-order valence-electron chi connectivity index (χ0n) is 23.5. The number of carbonyl (C=O) groups excluding carboxylic acids is 2. The molecule has 224 valence electrons. The van der Waals surface area contributed by atoms with Gasteiger partial charge in [0.2, 0.25) is 5.88 Å². The van der Waals surface area contributed by atoms with Crippen LogP contribution in [0.1, 0.15) is 17.0 Å². The molecule has 42 heavy (non-hydrogen) atoms. The van der Waals surface area contributed by atoms with E-state index in [1.807, 2.05) is 30.3 Å². The number of urea groups is 1. The molecule has 2 aliphatic heterocycles. The minimum absolute atomic E-state index is 0.0666. The molecular weight excluding hydrogens is 550 g/mol. The Morgan fingerprint density at radius 1 is 1.07 bits per heavy atom. The molecule has 2 fully saturated rings. The maximum atomic E-state index is 14.1. The van der Waals surface area contributed by atoms with E-state index in [1.165, 1.54) is 15.6 Å². The number of ether oxygens (including phenoxy) is 3. The zero-order valence-corrected chi connectivity index (χ0v) is 23.5. The van der Waals surface area contributed by atoms with Gasteiger partial charge in [-0.25, -0.2) is 23.1 Å². The maximum absolute atomic E-state index is 14.1. The summed E-state index contributed by atoms with van der Waals surface area (Å²) in [6.07, 6.45) is -0.549. The molecular formula is C29H34F2N6O5. The van der Waals surface area contributed by atoms with Crippen molar-refractivity contribution in [3.63, 3.8) is 0 Å². The summed E-state index contributed by atoms with van der Waals surface area (Å²) < 4.78 is 45.4. The molecule has 0 aliphatic carbocycles.